The maximum absolute atomic E-state index is 4.91. The van der Waals surface area contributed by atoms with Crippen LogP contribution in [0.2, 0.25) is 0 Å². The normalized spacial score (nSPS) is 11.0. The Morgan fingerprint density at radius 2 is 1.81 bits per heavy atom. The summed E-state index contributed by atoms with van der Waals surface area (Å²) in [6.45, 7) is 4.67. The average Bonchev–Trinajstić information content (AvgIpc) is 2.65. The van der Waals surface area contributed by atoms with E-state index in [0.717, 1.165) is 11.1 Å². The molecule has 0 saturated carbocycles. The summed E-state index contributed by atoms with van der Waals surface area (Å²) in [6.07, 6.45) is 3.42. The first-order chi connectivity index (χ1) is 12.7. The van der Waals surface area contributed by atoms with Gasteiger partial charge < -0.3 is 0 Å². The van der Waals surface area contributed by atoms with Crippen LogP contribution in [0.1, 0.15) is 16.7 Å². The van der Waals surface area contributed by atoms with Gasteiger partial charge in [0.15, 0.2) is 5.82 Å². The van der Waals surface area contributed by atoms with Crippen LogP contribution in [0.25, 0.3) is 11.3 Å². The van der Waals surface area contributed by atoms with Crippen LogP contribution >= 0.6 is 0 Å². The number of hydrogen-bond acceptors (Lipinski definition) is 7. The minimum absolute atomic E-state index is 0.321. The Labute approximate surface area is 152 Å². The molecule has 2 aromatic heterocycles. The predicted molar refractivity (Wildman–Crippen MR) is 100 cm³/mol. The molecule has 0 spiro atoms. The highest BCUT2D eigenvalue weighted by molar-refractivity contribution is 5.62. The Hall–Kier alpha value is -3.19. The maximum atomic E-state index is 4.91. The number of hydrogen-bond donors (Lipinski definition) is 1. The van der Waals surface area contributed by atoms with Gasteiger partial charge in [0, 0.05) is 24.0 Å². The molecule has 0 aliphatic rings. The van der Waals surface area contributed by atoms with Crippen molar-refractivity contribution in [1.82, 2.24) is 15.0 Å². The molecule has 0 bridgehead atoms. The molecule has 3 rings (SSSR count). The van der Waals surface area contributed by atoms with Crippen LogP contribution in [0.3, 0.4) is 0 Å². The molecular formula is C19H20N6O. The Balaban J connectivity index is 1.83. The standard InChI is InChI=1S/C19H20N6O/c1-13-4-5-15(10-14(13)2)12-21-24-18-11-17(16-6-8-20-9-7-16)22-19(23-18)25-26-3/h4-11H,12H2,1-3H3,(H,22,23,25). The summed E-state index contributed by atoms with van der Waals surface area (Å²) in [6, 6.07) is 11.8. The van der Waals surface area contributed by atoms with Crippen molar-refractivity contribution < 1.29 is 4.84 Å². The second-order valence-electron chi connectivity index (χ2n) is 5.80. The van der Waals surface area contributed by atoms with Crippen molar-refractivity contribution in [2.45, 2.75) is 20.4 Å². The molecule has 0 atom stereocenters. The van der Waals surface area contributed by atoms with Gasteiger partial charge in [-0.2, -0.15) is 10.1 Å². The Morgan fingerprint density at radius 1 is 1.00 bits per heavy atom. The molecule has 7 heteroatoms. The number of azo groups is 1. The summed E-state index contributed by atoms with van der Waals surface area (Å²) in [5.74, 6) is 0.775. The second-order valence-corrected chi connectivity index (χ2v) is 5.80. The molecule has 0 fully saturated rings. The van der Waals surface area contributed by atoms with E-state index in [-0.39, 0.29) is 0 Å². The van der Waals surface area contributed by atoms with Crippen LogP contribution in [0.15, 0.2) is 59.0 Å². The predicted octanol–water partition coefficient (Wildman–Crippen LogP) is 4.41. The SMILES string of the molecule is CONc1nc(N=NCc2ccc(C)c(C)c2)cc(-c2ccncc2)n1. The molecule has 0 unspecified atom stereocenters. The molecule has 26 heavy (non-hydrogen) atoms. The van der Waals surface area contributed by atoms with E-state index in [2.05, 4.69) is 62.7 Å². The molecule has 7 nitrogen and oxygen atoms in total. The number of anilines is 1. The van der Waals surface area contributed by atoms with Crippen molar-refractivity contribution >= 4 is 11.8 Å². The number of nitrogens with zero attached hydrogens (tertiary/aromatic N) is 5. The van der Waals surface area contributed by atoms with E-state index in [1.54, 1.807) is 18.5 Å². The van der Waals surface area contributed by atoms with Gasteiger partial charge in [0.1, 0.15) is 0 Å². The van der Waals surface area contributed by atoms with Crippen molar-refractivity contribution in [3.05, 3.63) is 65.5 Å². The van der Waals surface area contributed by atoms with Crippen LogP contribution in [0.4, 0.5) is 11.8 Å². The first kappa shape index (κ1) is 17.6. The number of pyridine rings is 1. The van der Waals surface area contributed by atoms with E-state index in [9.17, 15) is 0 Å². The number of aromatic nitrogens is 3. The number of benzene rings is 1. The summed E-state index contributed by atoms with van der Waals surface area (Å²) in [7, 11) is 1.50. The van der Waals surface area contributed by atoms with Crippen LogP contribution < -0.4 is 5.48 Å². The lowest BCUT2D eigenvalue weighted by molar-refractivity contribution is 0.267. The van der Waals surface area contributed by atoms with Crippen LogP contribution in [-0.2, 0) is 11.4 Å². The zero-order chi connectivity index (χ0) is 18.4. The van der Waals surface area contributed by atoms with Gasteiger partial charge in [-0.25, -0.2) is 10.5 Å². The number of aryl methyl sites for hydroxylation is 2. The molecule has 0 aliphatic carbocycles. The lowest BCUT2D eigenvalue weighted by atomic mass is 10.1. The van der Waals surface area contributed by atoms with Crippen LogP contribution in [-0.4, -0.2) is 22.1 Å². The van der Waals surface area contributed by atoms with Gasteiger partial charge >= 0.3 is 0 Å². The first-order valence-corrected chi connectivity index (χ1v) is 8.18. The fraction of sp³-hybridized carbons (Fsp3) is 0.211. The molecule has 1 aromatic carbocycles. The largest absolute Gasteiger partial charge is 0.277 e. The highest BCUT2D eigenvalue weighted by Crippen LogP contribution is 2.23. The van der Waals surface area contributed by atoms with Gasteiger partial charge in [0.25, 0.3) is 0 Å². The van der Waals surface area contributed by atoms with Crippen molar-refractivity contribution in [3.63, 3.8) is 0 Å². The smallest absolute Gasteiger partial charge is 0.249 e. The summed E-state index contributed by atoms with van der Waals surface area (Å²) < 4.78 is 0. The van der Waals surface area contributed by atoms with Crippen LogP contribution in [0, 0.1) is 13.8 Å². The van der Waals surface area contributed by atoms with Crippen molar-refractivity contribution in [2.24, 2.45) is 10.2 Å². The third-order valence-corrected chi connectivity index (χ3v) is 3.88. The Bertz CT molecular complexity index is 911. The quantitative estimate of drug-likeness (QED) is 0.527. The molecule has 0 amide bonds. The fourth-order valence-corrected chi connectivity index (χ4v) is 2.38. The van der Waals surface area contributed by atoms with Gasteiger partial charge in [0.05, 0.1) is 19.3 Å². The maximum Gasteiger partial charge on any atom is 0.249 e. The fourth-order valence-electron chi connectivity index (χ4n) is 2.38. The number of rotatable bonds is 6. The molecule has 3 aromatic rings. The molecular weight excluding hydrogens is 328 g/mol. The highest BCUT2D eigenvalue weighted by Gasteiger charge is 2.06. The Morgan fingerprint density at radius 3 is 2.54 bits per heavy atom. The lowest BCUT2D eigenvalue weighted by Crippen LogP contribution is -2.02. The summed E-state index contributed by atoms with van der Waals surface area (Å²) >= 11 is 0. The molecule has 0 aliphatic heterocycles. The van der Waals surface area contributed by atoms with Gasteiger partial charge in [-0.3, -0.25) is 9.82 Å². The highest BCUT2D eigenvalue weighted by atomic mass is 16.6. The lowest BCUT2D eigenvalue weighted by Gasteiger charge is -2.06. The van der Waals surface area contributed by atoms with Gasteiger partial charge in [0.2, 0.25) is 5.95 Å². The third-order valence-electron chi connectivity index (χ3n) is 3.88. The second kappa shape index (κ2) is 8.26. The molecule has 1 N–H and O–H groups in total. The van der Waals surface area contributed by atoms with E-state index >= 15 is 0 Å². The zero-order valence-corrected chi connectivity index (χ0v) is 15.0. The average molecular weight is 348 g/mol. The topological polar surface area (TPSA) is 84.6 Å². The molecule has 132 valence electrons. The number of nitrogens with one attached hydrogen (secondary N) is 1. The summed E-state index contributed by atoms with van der Waals surface area (Å²) in [5.41, 5.74) is 7.87. The molecule has 0 radical (unpaired) electrons. The van der Waals surface area contributed by atoms with Crippen molar-refractivity contribution in [3.8, 4) is 11.3 Å². The van der Waals surface area contributed by atoms with E-state index in [0.29, 0.717) is 24.0 Å². The minimum Gasteiger partial charge on any atom is -0.277 e. The molecule has 0 saturated heterocycles. The monoisotopic (exact) mass is 348 g/mol. The first-order valence-electron chi connectivity index (χ1n) is 8.18. The van der Waals surface area contributed by atoms with E-state index in [4.69, 9.17) is 4.84 Å². The van der Waals surface area contributed by atoms with Gasteiger partial charge in [-0.05, 0) is 42.7 Å². The van der Waals surface area contributed by atoms with Gasteiger partial charge in [-0.15, -0.1) is 5.11 Å². The molecule has 2 heterocycles. The Kier molecular flexibility index (Phi) is 5.60. The van der Waals surface area contributed by atoms with E-state index < -0.39 is 0 Å². The third kappa shape index (κ3) is 4.46. The zero-order valence-electron chi connectivity index (χ0n) is 15.0. The minimum atomic E-state index is 0.321. The summed E-state index contributed by atoms with van der Waals surface area (Å²) in [5, 5.41) is 8.52. The summed E-state index contributed by atoms with van der Waals surface area (Å²) in [4.78, 5) is 17.6. The van der Waals surface area contributed by atoms with Crippen LogP contribution in [0.5, 0.6) is 0 Å². The van der Waals surface area contributed by atoms with Crippen molar-refractivity contribution in [2.75, 3.05) is 12.6 Å². The van der Waals surface area contributed by atoms with E-state index in [1.807, 2.05) is 12.1 Å². The van der Waals surface area contributed by atoms with E-state index in [1.165, 1.54) is 18.2 Å². The van der Waals surface area contributed by atoms with Gasteiger partial charge in [-0.1, -0.05) is 18.2 Å². The van der Waals surface area contributed by atoms with Crippen molar-refractivity contribution in [1.29, 1.82) is 0 Å².